The molecule has 144 valence electrons. The van der Waals surface area contributed by atoms with E-state index in [2.05, 4.69) is 23.2 Å². The normalized spacial score (nSPS) is 12.5. The second-order valence-corrected chi connectivity index (χ2v) is 8.07. The third kappa shape index (κ3) is 3.23. The number of halogens is 1. The van der Waals surface area contributed by atoms with Crippen LogP contribution in [0.15, 0.2) is 72.5 Å². The average Bonchev–Trinajstić information content (AvgIpc) is 3.08. The second kappa shape index (κ2) is 7.61. The van der Waals surface area contributed by atoms with Gasteiger partial charge >= 0.3 is 0 Å². The standard InChI is InChI=1S/C20H18ClN3O3S/c1-5-15(17(6-2)27-4)19-18-16(21)11-12-22-20(18)24(23-19)28(25,26)14-9-7-13(3)8-10-14/h5-12H,1-2H2,3-4H3/b17-15-. The minimum atomic E-state index is -4.00. The van der Waals surface area contributed by atoms with Gasteiger partial charge in [-0.05, 0) is 31.2 Å². The highest BCUT2D eigenvalue weighted by Crippen LogP contribution is 2.33. The number of benzene rings is 1. The van der Waals surface area contributed by atoms with Crippen LogP contribution in [-0.2, 0) is 14.8 Å². The Kier molecular flexibility index (Phi) is 5.40. The zero-order valence-corrected chi connectivity index (χ0v) is 17.0. The number of hydrogen-bond donors (Lipinski definition) is 0. The first-order chi connectivity index (χ1) is 13.3. The number of ether oxygens (including phenoxy) is 1. The van der Waals surface area contributed by atoms with Crippen molar-refractivity contribution in [2.75, 3.05) is 7.11 Å². The Morgan fingerprint density at radius 2 is 1.86 bits per heavy atom. The summed E-state index contributed by atoms with van der Waals surface area (Å²) in [6.07, 6.45) is 4.42. The molecule has 0 saturated carbocycles. The lowest BCUT2D eigenvalue weighted by atomic mass is 10.1. The fourth-order valence-corrected chi connectivity index (χ4v) is 4.23. The summed E-state index contributed by atoms with van der Waals surface area (Å²) < 4.78 is 32.7. The quantitative estimate of drug-likeness (QED) is 0.441. The minimum absolute atomic E-state index is 0.0932. The highest BCUT2D eigenvalue weighted by atomic mass is 35.5. The Balaban J connectivity index is 2.40. The summed E-state index contributed by atoms with van der Waals surface area (Å²) in [6.45, 7) is 9.37. The number of fused-ring (bicyclic) bond motifs is 1. The predicted molar refractivity (Wildman–Crippen MR) is 111 cm³/mol. The van der Waals surface area contributed by atoms with Crippen molar-refractivity contribution in [2.45, 2.75) is 11.8 Å². The van der Waals surface area contributed by atoms with Gasteiger partial charge in [0.1, 0.15) is 11.5 Å². The van der Waals surface area contributed by atoms with Crippen LogP contribution in [0.3, 0.4) is 0 Å². The van der Waals surface area contributed by atoms with Crippen LogP contribution in [0.5, 0.6) is 0 Å². The molecule has 0 aliphatic heterocycles. The highest BCUT2D eigenvalue weighted by molar-refractivity contribution is 7.90. The van der Waals surface area contributed by atoms with E-state index in [4.69, 9.17) is 16.3 Å². The van der Waals surface area contributed by atoms with Crippen molar-refractivity contribution < 1.29 is 13.2 Å². The maximum atomic E-state index is 13.2. The van der Waals surface area contributed by atoms with Gasteiger partial charge in [0.25, 0.3) is 10.0 Å². The first kappa shape index (κ1) is 19.9. The van der Waals surface area contributed by atoms with Crippen molar-refractivity contribution in [3.8, 4) is 0 Å². The second-order valence-electron chi connectivity index (χ2n) is 5.89. The first-order valence-corrected chi connectivity index (χ1v) is 10.1. The van der Waals surface area contributed by atoms with Gasteiger partial charge in [-0.25, -0.2) is 4.98 Å². The molecule has 3 rings (SSSR count). The van der Waals surface area contributed by atoms with Crippen LogP contribution in [0.25, 0.3) is 16.6 Å². The molecule has 2 heterocycles. The molecule has 0 bridgehead atoms. The number of rotatable bonds is 6. The van der Waals surface area contributed by atoms with Crippen molar-refractivity contribution in [2.24, 2.45) is 0 Å². The lowest BCUT2D eigenvalue weighted by molar-refractivity contribution is 0.309. The molecule has 2 aromatic heterocycles. The van der Waals surface area contributed by atoms with Crippen LogP contribution in [0.4, 0.5) is 0 Å². The largest absolute Gasteiger partial charge is 0.496 e. The fourth-order valence-electron chi connectivity index (χ4n) is 2.76. The number of aryl methyl sites for hydroxylation is 1. The molecule has 28 heavy (non-hydrogen) atoms. The molecule has 0 aliphatic rings. The van der Waals surface area contributed by atoms with Crippen molar-refractivity contribution in [3.05, 3.63) is 83.9 Å². The third-order valence-electron chi connectivity index (χ3n) is 4.17. The molecule has 0 unspecified atom stereocenters. The average molecular weight is 416 g/mol. The lowest BCUT2D eigenvalue weighted by Gasteiger charge is -2.06. The molecule has 0 spiro atoms. The fraction of sp³-hybridized carbons (Fsp3) is 0.100. The van der Waals surface area contributed by atoms with Crippen LogP contribution in [0.2, 0.25) is 5.02 Å². The maximum absolute atomic E-state index is 13.2. The SMILES string of the molecule is C=C/C(OC)=C(\C=C)c1nn(S(=O)(=O)c2ccc(C)cc2)c2nccc(Cl)c12. The van der Waals surface area contributed by atoms with Gasteiger partial charge in [-0.15, -0.1) is 4.09 Å². The van der Waals surface area contributed by atoms with Crippen LogP contribution in [-0.4, -0.2) is 29.7 Å². The van der Waals surface area contributed by atoms with E-state index in [-0.39, 0.29) is 16.2 Å². The van der Waals surface area contributed by atoms with Crippen LogP contribution >= 0.6 is 11.6 Å². The van der Waals surface area contributed by atoms with Gasteiger partial charge in [0, 0.05) is 11.8 Å². The predicted octanol–water partition coefficient (Wildman–Crippen LogP) is 4.36. The lowest BCUT2D eigenvalue weighted by Crippen LogP contribution is -2.15. The van der Waals surface area contributed by atoms with Gasteiger partial charge in [-0.2, -0.15) is 13.5 Å². The zero-order valence-electron chi connectivity index (χ0n) is 15.4. The number of pyridine rings is 1. The van der Waals surface area contributed by atoms with E-state index < -0.39 is 10.0 Å². The van der Waals surface area contributed by atoms with Crippen LogP contribution in [0, 0.1) is 6.92 Å². The molecule has 0 saturated heterocycles. The van der Waals surface area contributed by atoms with Crippen molar-refractivity contribution >= 4 is 38.2 Å². The summed E-state index contributed by atoms with van der Waals surface area (Å²) in [7, 11) is -2.52. The van der Waals surface area contributed by atoms with Gasteiger partial charge < -0.3 is 4.74 Å². The van der Waals surface area contributed by atoms with E-state index in [9.17, 15) is 8.42 Å². The summed E-state index contributed by atoms with van der Waals surface area (Å²) in [5, 5.41) is 5.02. The Morgan fingerprint density at radius 1 is 1.18 bits per heavy atom. The smallest absolute Gasteiger partial charge is 0.284 e. The monoisotopic (exact) mass is 415 g/mol. The summed E-state index contributed by atoms with van der Waals surface area (Å²) in [5.41, 5.74) is 1.80. The van der Waals surface area contributed by atoms with Gasteiger partial charge in [0.2, 0.25) is 0 Å². The maximum Gasteiger partial charge on any atom is 0.284 e. The number of allylic oxidation sites excluding steroid dienone is 3. The van der Waals surface area contributed by atoms with Crippen molar-refractivity contribution in [1.82, 2.24) is 14.2 Å². The van der Waals surface area contributed by atoms with E-state index in [1.165, 1.54) is 37.6 Å². The van der Waals surface area contributed by atoms with E-state index in [0.29, 0.717) is 21.7 Å². The molecule has 1 aromatic carbocycles. The topological polar surface area (TPSA) is 74.1 Å². The molecular weight excluding hydrogens is 398 g/mol. The molecule has 0 aliphatic carbocycles. The summed E-state index contributed by atoms with van der Waals surface area (Å²) in [5.74, 6) is 0.384. The minimum Gasteiger partial charge on any atom is -0.496 e. The van der Waals surface area contributed by atoms with Crippen molar-refractivity contribution in [1.29, 1.82) is 0 Å². The van der Waals surface area contributed by atoms with Gasteiger partial charge in [-0.3, -0.25) is 0 Å². The van der Waals surface area contributed by atoms with E-state index in [1.54, 1.807) is 18.2 Å². The first-order valence-electron chi connectivity index (χ1n) is 8.24. The van der Waals surface area contributed by atoms with Crippen LogP contribution < -0.4 is 0 Å². The number of aromatic nitrogens is 3. The van der Waals surface area contributed by atoms with Crippen LogP contribution in [0.1, 0.15) is 11.3 Å². The zero-order chi connectivity index (χ0) is 20.5. The molecule has 0 amide bonds. The Morgan fingerprint density at radius 3 is 2.43 bits per heavy atom. The summed E-state index contributed by atoms with van der Waals surface area (Å²) in [4.78, 5) is 4.31. The number of methoxy groups -OCH3 is 1. The Labute approximate surface area is 168 Å². The molecule has 3 aromatic rings. The van der Waals surface area contributed by atoms with E-state index >= 15 is 0 Å². The van der Waals surface area contributed by atoms with Gasteiger partial charge in [-0.1, -0.05) is 48.5 Å². The van der Waals surface area contributed by atoms with Gasteiger partial charge in [0.05, 0.1) is 22.4 Å². The molecule has 0 radical (unpaired) electrons. The highest BCUT2D eigenvalue weighted by Gasteiger charge is 2.27. The number of hydrogen-bond acceptors (Lipinski definition) is 5. The van der Waals surface area contributed by atoms with Gasteiger partial charge in [0.15, 0.2) is 5.65 Å². The molecular formula is C20H18ClN3O3S. The van der Waals surface area contributed by atoms with Crippen molar-refractivity contribution in [3.63, 3.8) is 0 Å². The molecule has 0 atom stereocenters. The van der Waals surface area contributed by atoms with E-state index in [0.717, 1.165) is 9.65 Å². The molecule has 6 nitrogen and oxygen atoms in total. The molecule has 0 fully saturated rings. The third-order valence-corrected chi connectivity index (χ3v) is 6.06. The molecule has 8 heteroatoms. The summed E-state index contributed by atoms with van der Waals surface area (Å²) >= 11 is 6.37. The Bertz CT molecular complexity index is 1210. The van der Waals surface area contributed by atoms with E-state index in [1.807, 2.05) is 6.92 Å². The summed E-state index contributed by atoms with van der Waals surface area (Å²) in [6, 6.07) is 8.05. The number of nitrogens with zero attached hydrogens (tertiary/aromatic N) is 3. The Hall–Kier alpha value is -2.90. The molecule has 0 N–H and O–H groups in total.